The summed E-state index contributed by atoms with van der Waals surface area (Å²) in [6, 6.07) is 14.3. The van der Waals surface area contributed by atoms with E-state index in [4.69, 9.17) is 16.7 Å². The zero-order valence-corrected chi connectivity index (χ0v) is 15.1. The standard InChI is InChI=1S/C20H18ClN3O3/c21-16-3-1-2-13(9-16)8-14-4-7-19(23-10-14)24-20(27)15-5-6-17(22-11-15)18(26)12-25/h1-7,9-11,18,25-26H,8,12H2,(H,23,24,27)/t18-/m0/s1. The normalized spacial score (nSPS) is 11.8. The zero-order chi connectivity index (χ0) is 19.2. The molecule has 0 saturated heterocycles. The Morgan fingerprint density at radius 3 is 2.56 bits per heavy atom. The Kier molecular flexibility index (Phi) is 6.13. The van der Waals surface area contributed by atoms with E-state index in [9.17, 15) is 9.90 Å². The van der Waals surface area contributed by atoms with Crippen LogP contribution in [-0.4, -0.2) is 32.7 Å². The molecule has 2 heterocycles. The van der Waals surface area contributed by atoms with Crippen molar-refractivity contribution in [2.45, 2.75) is 12.5 Å². The fourth-order valence-electron chi connectivity index (χ4n) is 2.50. The van der Waals surface area contributed by atoms with Gasteiger partial charge in [-0.25, -0.2) is 4.98 Å². The molecule has 1 atom stereocenters. The SMILES string of the molecule is O=C(Nc1ccc(Cc2cccc(Cl)c2)cn1)c1ccc([C@@H](O)CO)nc1. The number of aromatic nitrogens is 2. The molecule has 3 aromatic rings. The minimum absolute atomic E-state index is 0.303. The number of anilines is 1. The lowest BCUT2D eigenvalue weighted by molar-refractivity contribution is 0.0921. The summed E-state index contributed by atoms with van der Waals surface area (Å²) in [6.45, 7) is -0.427. The van der Waals surface area contributed by atoms with Crippen molar-refractivity contribution in [2.75, 3.05) is 11.9 Å². The Bertz CT molecular complexity index is 915. The summed E-state index contributed by atoms with van der Waals surface area (Å²) < 4.78 is 0. The fourth-order valence-corrected chi connectivity index (χ4v) is 2.72. The smallest absolute Gasteiger partial charge is 0.258 e. The van der Waals surface area contributed by atoms with Crippen LogP contribution in [0.1, 0.15) is 33.3 Å². The van der Waals surface area contributed by atoms with Gasteiger partial charge in [-0.2, -0.15) is 0 Å². The number of nitrogens with zero attached hydrogens (tertiary/aromatic N) is 2. The van der Waals surface area contributed by atoms with E-state index in [1.807, 2.05) is 30.3 Å². The second-order valence-corrected chi connectivity index (χ2v) is 6.42. The molecule has 3 N–H and O–H groups in total. The number of aliphatic hydroxyl groups is 2. The van der Waals surface area contributed by atoms with Crippen LogP contribution in [0, 0.1) is 0 Å². The van der Waals surface area contributed by atoms with Gasteiger partial charge in [-0.3, -0.25) is 9.78 Å². The van der Waals surface area contributed by atoms with Gasteiger partial charge < -0.3 is 15.5 Å². The van der Waals surface area contributed by atoms with Gasteiger partial charge in [-0.05, 0) is 47.9 Å². The lowest BCUT2D eigenvalue weighted by atomic mass is 10.1. The van der Waals surface area contributed by atoms with Gasteiger partial charge in [0, 0.05) is 17.4 Å². The van der Waals surface area contributed by atoms with E-state index in [1.54, 1.807) is 12.3 Å². The van der Waals surface area contributed by atoms with Crippen molar-refractivity contribution in [1.29, 1.82) is 0 Å². The molecule has 3 rings (SSSR count). The average molecular weight is 384 g/mol. The molecule has 1 aromatic carbocycles. The van der Waals surface area contributed by atoms with E-state index in [-0.39, 0.29) is 5.91 Å². The number of benzene rings is 1. The number of amides is 1. The second-order valence-electron chi connectivity index (χ2n) is 5.98. The second kappa shape index (κ2) is 8.73. The number of rotatable bonds is 6. The quantitative estimate of drug-likeness (QED) is 0.608. The van der Waals surface area contributed by atoms with E-state index in [1.165, 1.54) is 18.3 Å². The fraction of sp³-hybridized carbons (Fsp3) is 0.150. The molecular weight excluding hydrogens is 366 g/mol. The summed E-state index contributed by atoms with van der Waals surface area (Å²) in [5.41, 5.74) is 2.71. The molecular formula is C20H18ClN3O3. The summed E-state index contributed by atoms with van der Waals surface area (Å²) >= 11 is 5.99. The van der Waals surface area contributed by atoms with Crippen LogP contribution in [0.4, 0.5) is 5.82 Å². The van der Waals surface area contributed by atoms with Crippen LogP contribution in [0.3, 0.4) is 0 Å². The van der Waals surface area contributed by atoms with Crippen LogP contribution in [0.25, 0.3) is 0 Å². The van der Waals surface area contributed by atoms with Gasteiger partial charge in [-0.1, -0.05) is 29.8 Å². The monoisotopic (exact) mass is 383 g/mol. The Balaban J connectivity index is 1.63. The molecule has 0 bridgehead atoms. The number of pyridine rings is 2. The maximum absolute atomic E-state index is 12.3. The first-order chi connectivity index (χ1) is 13.0. The first-order valence-corrected chi connectivity index (χ1v) is 8.68. The molecule has 27 heavy (non-hydrogen) atoms. The van der Waals surface area contributed by atoms with Crippen LogP contribution in [0.15, 0.2) is 60.9 Å². The van der Waals surface area contributed by atoms with Gasteiger partial charge in [0.05, 0.1) is 17.9 Å². The highest BCUT2D eigenvalue weighted by Gasteiger charge is 2.11. The Morgan fingerprint density at radius 1 is 1.07 bits per heavy atom. The maximum atomic E-state index is 12.3. The van der Waals surface area contributed by atoms with Crippen molar-refractivity contribution in [1.82, 2.24) is 9.97 Å². The minimum Gasteiger partial charge on any atom is -0.393 e. The molecule has 7 heteroatoms. The molecule has 1 amide bonds. The third kappa shape index (κ3) is 5.10. The topological polar surface area (TPSA) is 95.3 Å². The van der Waals surface area contributed by atoms with Crippen LogP contribution >= 0.6 is 11.6 Å². The lowest BCUT2D eigenvalue weighted by Gasteiger charge is -2.08. The molecule has 0 aliphatic heterocycles. The summed E-state index contributed by atoms with van der Waals surface area (Å²) in [5.74, 6) is 0.0666. The largest absolute Gasteiger partial charge is 0.393 e. The summed E-state index contributed by atoms with van der Waals surface area (Å²) in [7, 11) is 0. The molecule has 0 fully saturated rings. The van der Waals surface area contributed by atoms with E-state index >= 15 is 0 Å². The molecule has 6 nitrogen and oxygen atoms in total. The molecule has 0 saturated carbocycles. The molecule has 0 unspecified atom stereocenters. The van der Waals surface area contributed by atoms with Crippen LogP contribution < -0.4 is 5.32 Å². The summed E-state index contributed by atoms with van der Waals surface area (Å²) in [6.07, 6.45) is 2.68. The summed E-state index contributed by atoms with van der Waals surface area (Å²) in [5, 5.41) is 21.8. The zero-order valence-electron chi connectivity index (χ0n) is 14.3. The number of hydrogen-bond acceptors (Lipinski definition) is 5. The first-order valence-electron chi connectivity index (χ1n) is 8.31. The molecule has 138 valence electrons. The van der Waals surface area contributed by atoms with Gasteiger partial charge >= 0.3 is 0 Å². The van der Waals surface area contributed by atoms with Gasteiger partial charge in [0.25, 0.3) is 5.91 Å². The first kappa shape index (κ1) is 19.0. The van der Waals surface area contributed by atoms with Crippen molar-refractivity contribution in [2.24, 2.45) is 0 Å². The Hall–Kier alpha value is -2.80. The third-order valence-corrected chi connectivity index (χ3v) is 4.16. The van der Waals surface area contributed by atoms with Gasteiger partial charge in [0.1, 0.15) is 11.9 Å². The minimum atomic E-state index is -1.06. The highest BCUT2D eigenvalue weighted by molar-refractivity contribution is 6.30. The van der Waals surface area contributed by atoms with Crippen LogP contribution in [0.5, 0.6) is 0 Å². The van der Waals surface area contributed by atoms with Crippen molar-refractivity contribution in [3.63, 3.8) is 0 Å². The van der Waals surface area contributed by atoms with E-state index in [0.29, 0.717) is 28.5 Å². The van der Waals surface area contributed by atoms with Gasteiger partial charge in [0.15, 0.2) is 0 Å². The Morgan fingerprint density at radius 2 is 1.93 bits per heavy atom. The van der Waals surface area contributed by atoms with Crippen molar-refractivity contribution in [3.05, 3.63) is 88.3 Å². The molecule has 0 aliphatic carbocycles. The van der Waals surface area contributed by atoms with Crippen molar-refractivity contribution in [3.8, 4) is 0 Å². The predicted molar refractivity (Wildman–Crippen MR) is 103 cm³/mol. The molecule has 0 spiro atoms. The third-order valence-electron chi connectivity index (χ3n) is 3.93. The number of aliphatic hydroxyl groups excluding tert-OH is 2. The van der Waals surface area contributed by atoms with E-state index in [0.717, 1.165) is 11.1 Å². The van der Waals surface area contributed by atoms with Crippen LogP contribution in [-0.2, 0) is 6.42 Å². The number of carbonyl (C=O) groups is 1. The van der Waals surface area contributed by atoms with Gasteiger partial charge in [0.2, 0.25) is 0 Å². The maximum Gasteiger partial charge on any atom is 0.258 e. The average Bonchev–Trinajstić information content (AvgIpc) is 2.69. The molecule has 0 aliphatic rings. The summed E-state index contributed by atoms with van der Waals surface area (Å²) in [4.78, 5) is 20.5. The predicted octanol–water partition coefficient (Wildman–Crippen LogP) is 3.00. The van der Waals surface area contributed by atoms with Crippen molar-refractivity contribution >= 4 is 23.3 Å². The molecule has 0 radical (unpaired) electrons. The van der Waals surface area contributed by atoms with E-state index < -0.39 is 12.7 Å². The van der Waals surface area contributed by atoms with Gasteiger partial charge in [-0.15, -0.1) is 0 Å². The van der Waals surface area contributed by atoms with E-state index in [2.05, 4.69) is 15.3 Å². The Labute approximate surface area is 161 Å². The lowest BCUT2D eigenvalue weighted by Crippen LogP contribution is -2.14. The highest BCUT2D eigenvalue weighted by Crippen LogP contribution is 2.16. The van der Waals surface area contributed by atoms with Crippen molar-refractivity contribution < 1.29 is 15.0 Å². The number of nitrogens with one attached hydrogen (secondary N) is 1. The number of hydrogen-bond donors (Lipinski definition) is 3. The molecule has 2 aromatic heterocycles. The highest BCUT2D eigenvalue weighted by atomic mass is 35.5. The number of halogens is 1. The number of carbonyl (C=O) groups excluding carboxylic acids is 1. The van der Waals surface area contributed by atoms with Crippen LogP contribution in [0.2, 0.25) is 5.02 Å².